The highest BCUT2D eigenvalue weighted by molar-refractivity contribution is 5.17. The van der Waals surface area contributed by atoms with E-state index in [0.29, 0.717) is 0 Å². The zero-order valence-corrected chi connectivity index (χ0v) is 20.7. The van der Waals surface area contributed by atoms with Gasteiger partial charge in [0, 0.05) is 0 Å². The van der Waals surface area contributed by atoms with E-state index < -0.39 is 0 Å². The quantitative estimate of drug-likeness (QED) is 0.513. The van der Waals surface area contributed by atoms with Crippen LogP contribution in [0.2, 0.25) is 0 Å². The molecule has 0 fully saturated rings. The van der Waals surface area contributed by atoms with E-state index in [4.69, 9.17) is 0 Å². The Morgan fingerprint density at radius 3 is 0.333 bits per heavy atom. The topological polar surface area (TPSA) is 77.3 Å². The number of hydrogen-bond donors (Lipinski definition) is 0. The molecule has 0 radical (unpaired) electrons. The first-order chi connectivity index (χ1) is 13.8. The highest BCUT2D eigenvalue weighted by Crippen LogP contribution is 2.06. The Balaban J connectivity index is 0.000000225. The van der Waals surface area contributed by atoms with Gasteiger partial charge < -0.3 is 0 Å². The summed E-state index contributed by atoms with van der Waals surface area (Å²) in [6, 6.07) is 0. The summed E-state index contributed by atoms with van der Waals surface area (Å²) in [5.41, 5.74) is 12.4. The van der Waals surface area contributed by atoms with Gasteiger partial charge in [-0.3, -0.25) is 29.9 Å². The van der Waals surface area contributed by atoms with E-state index in [9.17, 15) is 0 Å². The molecule has 0 bridgehead atoms. The van der Waals surface area contributed by atoms with Crippen molar-refractivity contribution in [2.24, 2.45) is 0 Å². The standard InChI is InChI=1S/3C8H12N2/c3*1-5-6(2)10-8(4)7(3)9-5/h3*1-4H3. The molecule has 6 nitrogen and oxygen atoms in total. The Hall–Kier alpha value is -2.76. The van der Waals surface area contributed by atoms with Gasteiger partial charge in [-0.1, -0.05) is 0 Å². The van der Waals surface area contributed by atoms with Gasteiger partial charge in [-0.05, 0) is 83.1 Å². The summed E-state index contributed by atoms with van der Waals surface area (Å²) in [4.78, 5) is 25.9. The number of nitrogens with zero attached hydrogens (tertiary/aromatic N) is 6. The first-order valence-corrected chi connectivity index (χ1v) is 10.2. The average Bonchev–Trinajstić information content (AvgIpc) is 2.65. The van der Waals surface area contributed by atoms with Crippen molar-refractivity contribution in [2.45, 2.75) is 83.1 Å². The van der Waals surface area contributed by atoms with Crippen LogP contribution in [0, 0.1) is 83.1 Å². The van der Waals surface area contributed by atoms with Gasteiger partial charge >= 0.3 is 0 Å². The van der Waals surface area contributed by atoms with Crippen molar-refractivity contribution >= 4 is 0 Å². The molecule has 30 heavy (non-hydrogen) atoms. The third-order valence-electron chi connectivity index (χ3n) is 5.15. The Bertz CT molecular complexity index is 742. The van der Waals surface area contributed by atoms with Crippen LogP contribution >= 0.6 is 0 Å². The van der Waals surface area contributed by atoms with Gasteiger partial charge in [0.1, 0.15) is 0 Å². The molecule has 162 valence electrons. The van der Waals surface area contributed by atoms with E-state index >= 15 is 0 Å². The molecule has 0 N–H and O–H groups in total. The number of aryl methyl sites for hydroxylation is 12. The first-order valence-electron chi connectivity index (χ1n) is 10.2. The number of aromatic nitrogens is 6. The molecule has 3 heterocycles. The lowest BCUT2D eigenvalue weighted by Crippen LogP contribution is -1.97. The summed E-state index contributed by atoms with van der Waals surface area (Å²) in [7, 11) is 0. The molecule has 0 spiro atoms. The first kappa shape index (κ1) is 25.3. The fraction of sp³-hybridized carbons (Fsp3) is 0.500. The van der Waals surface area contributed by atoms with Crippen molar-refractivity contribution in [1.29, 1.82) is 0 Å². The molecule has 0 saturated heterocycles. The van der Waals surface area contributed by atoms with Gasteiger partial charge in [-0.15, -0.1) is 0 Å². The summed E-state index contributed by atoms with van der Waals surface area (Å²) in [6.07, 6.45) is 0. The molecule has 3 aromatic heterocycles. The van der Waals surface area contributed by atoms with Crippen molar-refractivity contribution in [2.75, 3.05) is 0 Å². The Labute approximate surface area is 181 Å². The van der Waals surface area contributed by atoms with Crippen LogP contribution in [0.4, 0.5) is 0 Å². The molecule has 3 rings (SSSR count). The molecule has 0 amide bonds. The van der Waals surface area contributed by atoms with Gasteiger partial charge in [-0.25, -0.2) is 0 Å². The molecule has 0 aliphatic carbocycles. The molecule has 6 heteroatoms. The van der Waals surface area contributed by atoms with Gasteiger partial charge in [0.2, 0.25) is 0 Å². The molecule has 0 aliphatic heterocycles. The fourth-order valence-corrected chi connectivity index (χ4v) is 2.48. The SMILES string of the molecule is Cc1nc(C)c(C)nc1C.Cc1nc(C)c(C)nc1C.Cc1nc(C)c(C)nc1C. The van der Waals surface area contributed by atoms with Crippen LogP contribution in [-0.2, 0) is 0 Å². The zero-order chi connectivity index (χ0) is 23.2. The number of hydrogen-bond acceptors (Lipinski definition) is 6. The minimum Gasteiger partial charge on any atom is -0.255 e. The maximum atomic E-state index is 4.31. The van der Waals surface area contributed by atoms with E-state index in [-0.39, 0.29) is 0 Å². The van der Waals surface area contributed by atoms with Crippen LogP contribution < -0.4 is 0 Å². The third kappa shape index (κ3) is 7.25. The van der Waals surface area contributed by atoms with Gasteiger partial charge in [-0.2, -0.15) is 0 Å². The maximum absolute atomic E-state index is 4.31. The zero-order valence-electron chi connectivity index (χ0n) is 20.7. The second-order valence-corrected chi connectivity index (χ2v) is 7.70. The van der Waals surface area contributed by atoms with Gasteiger partial charge in [0.25, 0.3) is 0 Å². The van der Waals surface area contributed by atoms with Gasteiger partial charge in [0.05, 0.1) is 68.3 Å². The van der Waals surface area contributed by atoms with E-state index in [2.05, 4.69) is 29.9 Å². The second-order valence-electron chi connectivity index (χ2n) is 7.70. The minimum absolute atomic E-state index is 1.03. The molecule has 3 aromatic rings. The molecule has 0 aromatic carbocycles. The van der Waals surface area contributed by atoms with E-state index in [1.807, 2.05) is 83.1 Å². The summed E-state index contributed by atoms with van der Waals surface area (Å²) in [5.74, 6) is 0. The summed E-state index contributed by atoms with van der Waals surface area (Å²) in [5, 5.41) is 0. The lowest BCUT2D eigenvalue weighted by Gasteiger charge is -2.01. The van der Waals surface area contributed by atoms with Crippen molar-refractivity contribution < 1.29 is 0 Å². The highest BCUT2D eigenvalue weighted by atomic mass is 14.8. The van der Waals surface area contributed by atoms with E-state index in [1.165, 1.54) is 0 Å². The lowest BCUT2D eigenvalue weighted by molar-refractivity contribution is 0.959. The van der Waals surface area contributed by atoms with Gasteiger partial charge in [0.15, 0.2) is 0 Å². The number of rotatable bonds is 0. The Morgan fingerprint density at radius 2 is 0.267 bits per heavy atom. The van der Waals surface area contributed by atoms with Crippen LogP contribution in [0.3, 0.4) is 0 Å². The molecule has 0 atom stereocenters. The second kappa shape index (κ2) is 10.9. The van der Waals surface area contributed by atoms with Crippen molar-refractivity contribution in [3.05, 3.63) is 68.3 Å². The molecular formula is C24H36N6. The highest BCUT2D eigenvalue weighted by Gasteiger charge is 2.00. The van der Waals surface area contributed by atoms with E-state index in [0.717, 1.165) is 68.3 Å². The van der Waals surface area contributed by atoms with Crippen LogP contribution in [-0.4, -0.2) is 29.9 Å². The van der Waals surface area contributed by atoms with Crippen molar-refractivity contribution in [3.8, 4) is 0 Å². The largest absolute Gasteiger partial charge is 0.255 e. The summed E-state index contributed by atoms with van der Waals surface area (Å²) in [6.45, 7) is 23.8. The monoisotopic (exact) mass is 408 g/mol. The predicted molar refractivity (Wildman–Crippen MR) is 123 cm³/mol. The predicted octanol–water partition coefficient (Wildman–Crippen LogP) is 5.13. The average molecular weight is 409 g/mol. The van der Waals surface area contributed by atoms with E-state index in [1.54, 1.807) is 0 Å². The normalized spacial score (nSPS) is 10.0. The minimum atomic E-state index is 1.03. The van der Waals surface area contributed by atoms with Crippen LogP contribution in [0.25, 0.3) is 0 Å². The van der Waals surface area contributed by atoms with Crippen LogP contribution in [0.1, 0.15) is 68.3 Å². The lowest BCUT2D eigenvalue weighted by atomic mass is 10.3. The summed E-state index contributed by atoms with van der Waals surface area (Å²) < 4.78 is 0. The Morgan fingerprint density at radius 1 is 0.200 bits per heavy atom. The summed E-state index contributed by atoms with van der Waals surface area (Å²) >= 11 is 0. The molecule has 0 saturated carbocycles. The maximum Gasteiger partial charge on any atom is 0.0588 e. The fourth-order valence-electron chi connectivity index (χ4n) is 2.48. The molecule has 0 aliphatic rings. The van der Waals surface area contributed by atoms with Crippen molar-refractivity contribution in [3.63, 3.8) is 0 Å². The van der Waals surface area contributed by atoms with Crippen LogP contribution in [0.5, 0.6) is 0 Å². The smallest absolute Gasteiger partial charge is 0.0588 e. The van der Waals surface area contributed by atoms with Crippen LogP contribution in [0.15, 0.2) is 0 Å². The molecule has 0 unspecified atom stereocenters. The third-order valence-corrected chi connectivity index (χ3v) is 5.15. The Kier molecular flexibility index (Phi) is 9.15. The molecular weight excluding hydrogens is 372 g/mol. The van der Waals surface area contributed by atoms with Crippen molar-refractivity contribution in [1.82, 2.24) is 29.9 Å².